The molecule has 3 aromatic rings. The molecule has 1 aliphatic heterocycles. The average molecular weight is 557 g/mol. The molecule has 1 aliphatic rings. The van der Waals surface area contributed by atoms with Crippen LogP contribution in [0.25, 0.3) is 0 Å². The second kappa shape index (κ2) is 14.7. The Morgan fingerprint density at radius 2 is 1.82 bits per heavy atom. The van der Waals surface area contributed by atoms with Gasteiger partial charge < -0.3 is 10.6 Å². The lowest BCUT2D eigenvalue weighted by Crippen LogP contribution is -2.33. The van der Waals surface area contributed by atoms with Crippen molar-refractivity contribution in [2.75, 3.05) is 10.7 Å². The van der Waals surface area contributed by atoms with E-state index in [1.54, 1.807) is 30.1 Å². The van der Waals surface area contributed by atoms with E-state index >= 15 is 0 Å². The maximum atomic E-state index is 12.1. The van der Waals surface area contributed by atoms with Crippen molar-refractivity contribution in [1.82, 2.24) is 0 Å². The Morgan fingerprint density at radius 3 is 2.49 bits per heavy atom. The smallest absolute Gasteiger partial charge is 0.190 e. The van der Waals surface area contributed by atoms with E-state index in [9.17, 15) is 4.53 Å². The van der Waals surface area contributed by atoms with E-state index < -0.39 is 0 Å². The van der Waals surface area contributed by atoms with Gasteiger partial charge in [-0.15, -0.1) is 5.10 Å². The number of nitrogens with zero attached hydrogens (tertiary/aromatic N) is 5. The molecule has 0 amide bonds. The average Bonchev–Trinajstić information content (AvgIpc) is 3.28. The molecule has 1 unspecified atom stereocenters. The van der Waals surface area contributed by atoms with Crippen LogP contribution in [0.2, 0.25) is 0 Å². The molecule has 4 rings (SSSR count). The van der Waals surface area contributed by atoms with Gasteiger partial charge in [-0.25, -0.2) is 9.98 Å². The standard InChI is InChI=1S/C28H29FN6OS.2FH/c1-4-22-7-5-6-19(2)26(22)35-20(3)17-37-28(35)34-33-16-21-8-10-23(11-9-21)27(30)32-18-31-24-12-14-25(36-29)15-13-24;;/h5-16,18,20H,4,17H2,1-3H3,(H2,30,31,32);2*1H/b33-16+,34-28-;;. The van der Waals surface area contributed by atoms with Crippen molar-refractivity contribution in [1.29, 1.82) is 0 Å². The van der Waals surface area contributed by atoms with Crippen LogP contribution >= 0.6 is 11.8 Å². The summed E-state index contributed by atoms with van der Waals surface area (Å²) in [6.07, 6.45) is 4.06. The number of thioether (sulfide) groups is 1. The van der Waals surface area contributed by atoms with Crippen molar-refractivity contribution in [3.05, 3.63) is 89.0 Å². The van der Waals surface area contributed by atoms with Gasteiger partial charge in [-0.1, -0.05) is 61.2 Å². The van der Waals surface area contributed by atoms with Gasteiger partial charge in [0.15, 0.2) is 10.9 Å². The molecule has 206 valence electrons. The number of hydrogen-bond donors (Lipinski definition) is 1. The fourth-order valence-electron chi connectivity index (χ4n) is 3.97. The van der Waals surface area contributed by atoms with Gasteiger partial charge in [0, 0.05) is 27.6 Å². The number of anilines is 1. The number of rotatable bonds is 8. The number of benzene rings is 3. The van der Waals surface area contributed by atoms with Gasteiger partial charge in [0.05, 0.1) is 11.9 Å². The molecule has 1 heterocycles. The first-order valence-electron chi connectivity index (χ1n) is 12.0. The molecule has 0 radical (unpaired) electrons. The zero-order valence-corrected chi connectivity index (χ0v) is 22.6. The second-order valence-corrected chi connectivity index (χ2v) is 9.53. The Hall–Kier alpha value is -4.12. The molecule has 1 fully saturated rings. The minimum atomic E-state index is 0. The van der Waals surface area contributed by atoms with Crippen molar-refractivity contribution in [2.45, 2.75) is 33.2 Å². The van der Waals surface area contributed by atoms with Crippen molar-refractivity contribution in [2.24, 2.45) is 25.9 Å². The number of aliphatic imine (C=N–C) groups is 2. The Labute approximate surface area is 230 Å². The Bertz CT molecular complexity index is 1340. The summed E-state index contributed by atoms with van der Waals surface area (Å²) < 4.78 is 12.1. The van der Waals surface area contributed by atoms with Crippen molar-refractivity contribution in [3.63, 3.8) is 0 Å². The molecular weight excluding hydrogens is 525 g/mol. The lowest BCUT2D eigenvalue weighted by atomic mass is 10.0. The normalized spacial score (nSPS) is 16.5. The van der Waals surface area contributed by atoms with Crippen molar-refractivity contribution < 1.29 is 18.9 Å². The highest BCUT2D eigenvalue weighted by molar-refractivity contribution is 8.14. The number of nitrogens with two attached hydrogens (primary N) is 1. The Balaban J connectivity index is 0.00000267. The highest BCUT2D eigenvalue weighted by Crippen LogP contribution is 2.35. The monoisotopic (exact) mass is 556 g/mol. The van der Waals surface area contributed by atoms with Crippen molar-refractivity contribution in [3.8, 4) is 5.75 Å². The lowest BCUT2D eigenvalue weighted by molar-refractivity contribution is -0.00618. The van der Waals surface area contributed by atoms with Gasteiger partial charge in [-0.05, 0) is 61.2 Å². The van der Waals surface area contributed by atoms with Crippen LogP contribution in [-0.2, 0) is 6.42 Å². The second-order valence-electron chi connectivity index (χ2n) is 8.55. The molecule has 2 N–H and O–H groups in total. The fourth-order valence-corrected chi connectivity index (χ4v) is 5.03. The maximum Gasteiger partial charge on any atom is 0.190 e. The van der Waals surface area contributed by atoms with Crippen LogP contribution in [0, 0.1) is 6.92 Å². The molecule has 0 spiro atoms. The summed E-state index contributed by atoms with van der Waals surface area (Å²) in [6, 6.07) is 20.5. The third-order valence-corrected chi connectivity index (χ3v) is 7.12. The molecule has 1 saturated heterocycles. The van der Waals surface area contributed by atoms with Crippen LogP contribution in [0.4, 0.5) is 25.3 Å². The van der Waals surface area contributed by atoms with E-state index in [1.807, 2.05) is 24.3 Å². The summed E-state index contributed by atoms with van der Waals surface area (Å²) in [5.74, 6) is 1.41. The summed E-state index contributed by atoms with van der Waals surface area (Å²) in [6.45, 7) is 6.55. The fraction of sp³-hybridized carbons (Fsp3) is 0.214. The van der Waals surface area contributed by atoms with Crippen LogP contribution in [-0.4, -0.2) is 35.4 Å². The van der Waals surface area contributed by atoms with E-state index in [1.165, 1.54) is 35.3 Å². The van der Waals surface area contributed by atoms with Crippen LogP contribution < -0.4 is 15.6 Å². The predicted octanol–water partition coefficient (Wildman–Crippen LogP) is 6.52. The minimum Gasteiger partial charge on any atom is -0.383 e. The van der Waals surface area contributed by atoms with Crippen LogP contribution in [0.15, 0.2) is 86.9 Å². The number of amidine groups is 2. The van der Waals surface area contributed by atoms with Gasteiger partial charge in [-0.2, -0.15) is 5.10 Å². The molecule has 1 atom stereocenters. The van der Waals surface area contributed by atoms with E-state index in [0.29, 0.717) is 17.6 Å². The highest BCUT2D eigenvalue weighted by Gasteiger charge is 2.30. The molecular formula is C28H31F3N6OS. The zero-order chi connectivity index (χ0) is 26.2. The Morgan fingerprint density at radius 1 is 1.10 bits per heavy atom. The zero-order valence-electron chi connectivity index (χ0n) is 21.8. The summed E-state index contributed by atoms with van der Waals surface area (Å²) in [5, 5.41) is 9.85. The molecule has 7 nitrogen and oxygen atoms in total. The molecule has 39 heavy (non-hydrogen) atoms. The summed E-state index contributed by atoms with van der Waals surface area (Å²) in [7, 11) is 0. The van der Waals surface area contributed by atoms with E-state index in [0.717, 1.165) is 28.5 Å². The molecule has 0 aromatic heterocycles. The minimum absolute atomic E-state index is 0. The van der Waals surface area contributed by atoms with Gasteiger partial charge in [0.25, 0.3) is 0 Å². The molecule has 11 heteroatoms. The first-order valence-corrected chi connectivity index (χ1v) is 12.9. The van der Waals surface area contributed by atoms with Crippen molar-refractivity contribution >= 4 is 46.7 Å². The highest BCUT2D eigenvalue weighted by atomic mass is 32.2. The van der Waals surface area contributed by atoms with E-state index in [2.05, 4.69) is 69.0 Å². The third-order valence-electron chi connectivity index (χ3n) is 5.93. The lowest BCUT2D eigenvalue weighted by Gasteiger charge is -2.27. The Kier molecular flexibility index (Phi) is 11.7. The van der Waals surface area contributed by atoms with Crippen LogP contribution in [0.3, 0.4) is 0 Å². The number of hydrogen-bond acceptors (Lipinski definition) is 5. The van der Waals surface area contributed by atoms with Gasteiger partial charge in [0.1, 0.15) is 12.2 Å². The molecule has 0 saturated carbocycles. The SMILES string of the molecule is CCc1cccc(C)c1N1/C(=N/N=C/c2ccc(C(N)=NC=Nc3ccc(OF)cc3)cc2)SCC1C.F.F. The summed E-state index contributed by atoms with van der Waals surface area (Å²) >= 11 is 1.73. The largest absolute Gasteiger partial charge is 0.383 e. The first kappa shape index (κ1) is 31.1. The van der Waals surface area contributed by atoms with Crippen LogP contribution in [0.1, 0.15) is 36.1 Å². The van der Waals surface area contributed by atoms with E-state index in [-0.39, 0.29) is 15.2 Å². The number of halogens is 3. The summed E-state index contributed by atoms with van der Waals surface area (Å²) in [4.78, 5) is 14.3. The van der Waals surface area contributed by atoms with Crippen LogP contribution in [0.5, 0.6) is 5.75 Å². The van der Waals surface area contributed by atoms with E-state index in [4.69, 9.17) is 5.73 Å². The quantitative estimate of drug-likeness (QED) is 0.194. The molecule has 3 aromatic carbocycles. The summed E-state index contributed by atoms with van der Waals surface area (Å²) in [5.41, 5.74) is 12.1. The van der Waals surface area contributed by atoms with Gasteiger partial charge >= 0.3 is 0 Å². The number of para-hydroxylation sites is 1. The number of aryl methyl sites for hydroxylation is 2. The predicted molar refractivity (Wildman–Crippen MR) is 158 cm³/mol. The molecule has 0 aliphatic carbocycles. The maximum absolute atomic E-state index is 12.1. The topological polar surface area (TPSA) is 87.9 Å². The van der Waals surface area contributed by atoms with Gasteiger partial charge in [0.2, 0.25) is 0 Å². The molecule has 0 bridgehead atoms. The third kappa shape index (κ3) is 7.70. The van der Waals surface area contributed by atoms with Gasteiger partial charge in [-0.3, -0.25) is 14.4 Å². The first-order chi connectivity index (χ1) is 18.0.